The predicted octanol–water partition coefficient (Wildman–Crippen LogP) is 2.50. The van der Waals surface area contributed by atoms with Gasteiger partial charge in [-0.05, 0) is 29.5 Å². The monoisotopic (exact) mass is 286 g/mol. The van der Waals surface area contributed by atoms with Gasteiger partial charge in [0.15, 0.2) is 5.82 Å². The van der Waals surface area contributed by atoms with Crippen molar-refractivity contribution in [3.05, 3.63) is 19.1 Å². The largest absolute Gasteiger partial charge is 0.477 e. The van der Waals surface area contributed by atoms with Crippen LogP contribution < -0.4 is 0 Å². The van der Waals surface area contributed by atoms with Gasteiger partial charge >= 0.3 is 5.97 Å². The summed E-state index contributed by atoms with van der Waals surface area (Å²) in [5.74, 6) is -1.80. The molecular formula is C6H4FIO2S. The minimum atomic E-state index is -1.20. The summed E-state index contributed by atoms with van der Waals surface area (Å²) in [7, 11) is 0. The van der Waals surface area contributed by atoms with Gasteiger partial charge in [0.2, 0.25) is 0 Å². The summed E-state index contributed by atoms with van der Waals surface area (Å²) in [6.45, 7) is 1.57. The van der Waals surface area contributed by atoms with Crippen molar-refractivity contribution in [3.63, 3.8) is 0 Å². The molecule has 0 aliphatic carbocycles. The molecule has 60 valence electrons. The first-order valence-electron chi connectivity index (χ1n) is 2.71. The number of halogens is 2. The van der Waals surface area contributed by atoms with Crippen LogP contribution in [-0.4, -0.2) is 11.1 Å². The van der Waals surface area contributed by atoms with E-state index in [2.05, 4.69) is 0 Å². The Kier molecular flexibility index (Phi) is 2.48. The van der Waals surface area contributed by atoms with Gasteiger partial charge in [-0.15, -0.1) is 11.3 Å². The molecule has 1 heterocycles. The van der Waals surface area contributed by atoms with Crippen LogP contribution in [0.4, 0.5) is 4.39 Å². The average Bonchev–Trinajstić information content (AvgIpc) is 2.17. The molecule has 0 aromatic carbocycles. The molecule has 11 heavy (non-hydrogen) atoms. The normalized spacial score (nSPS) is 10.1. The van der Waals surface area contributed by atoms with Gasteiger partial charge in [0.05, 0.1) is 2.88 Å². The molecular weight excluding hydrogens is 282 g/mol. The SMILES string of the molecule is Cc1c(I)sc(C(=O)O)c1F. The van der Waals surface area contributed by atoms with E-state index in [-0.39, 0.29) is 4.88 Å². The zero-order chi connectivity index (χ0) is 8.59. The van der Waals surface area contributed by atoms with E-state index in [1.54, 1.807) is 6.92 Å². The van der Waals surface area contributed by atoms with Crippen molar-refractivity contribution in [2.45, 2.75) is 6.92 Å². The summed E-state index contributed by atoms with van der Waals surface area (Å²) in [6.07, 6.45) is 0. The molecule has 0 atom stereocenters. The third kappa shape index (κ3) is 1.53. The van der Waals surface area contributed by atoms with Crippen LogP contribution in [0.25, 0.3) is 0 Å². The van der Waals surface area contributed by atoms with Crippen molar-refractivity contribution in [1.29, 1.82) is 0 Å². The summed E-state index contributed by atoms with van der Waals surface area (Å²) >= 11 is 2.88. The van der Waals surface area contributed by atoms with E-state index in [1.165, 1.54) is 0 Å². The number of hydrogen-bond acceptors (Lipinski definition) is 2. The molecule has 0 aliphatic rings. The van der Waals surface area contributed by atoms with Gasteiger partial charge in [-0.25, -0.2) is 9.18 Å². The third-order valence-corrected chi connectivity index (χ3v) is 3.72. The van der Waals surface area contributed by atoms with Crippen molar-refractivity contribution in [1.82, 2.24) is 0 Å². The molecule has 5 heteroatoms. The molecule has 2 nitrogen and oxygen atoms in total. The molecule has 0 spiro atoms. The van der Waals surface area contributed by atoms with Crippen LogP contribution in [0.3, 0.4) is 0 Å². The van der Waals surface area contributed by atoms with Crippen molar-refractivity contribution < 1.29 is 14.3 Å². The fourth-order valence-electron chi connectivity index (χ4n) is 0.605. The Balaban J connectivity index is 3.29. The Morgan fingerprint density at radius 3 is 2.45 bits per heavy atom. The molecule has 0 saturated carbocycles. The van der Waals surface area contributed by atoms with Crippen molar-refractivity contribution in [2.24, 2.45) is 0 Å². The summed E-state index contributed by atoms with van der Waals surface area (Å²) in [5, 5.41) is 8.47. The van der Waals surface area contributed by atoms with Crippen LogP contribution in [0.15, 0.2) is 0 Å². The topological polar surface area (TPSA) is 37.3 Å². The number of carboxylic acids is 1. The van der Waals surface area contributed by atoms with Gasteiger partial charge in [-0.2, -0.15) is 0 Å². The second kappa shape index (κ2) is 3.06. The van der Waals surface area contributed by atoms with Gasteiger partial charge in [-0.1, -0.05) is 0 Å². The number of rotatable bonds is 1. The highest BCUT2D eigenvalue weighted by atomic mass is 127. The second-order valence-electron chi connectivity index (χ2n) is 1.95. The zero-order valence-corrected chi connectivity index (χ0v) is 8.49. The smallest absolute Gasteiger partial charge is 0.348 e. The Morgan fingerprint density at radius 1 is 1.73 bits per heavy atom. The Hall–Kier alpha value is -0.170. The lowest BCUT2D eigenvalue weighted by Gasteiger charge is -1.86. The first-order chi connectivity index (χ1) is 5.04. The van der Waals surface area contributed by atoms with E-state index in [0.717, 1.165) is 11.3 Å². The number of thiophene rings is 1. The Labute approximate surface area is 80.2 Å². The molecule has 0 saturated heterocycles. The van der Waals surface area contributed by atoms with E-state index >= 15 is 0 Å². The molecule has 1 rings (SSSR count). The highest BCUT2D eigenvalue weighted by Crippen LogP contribution is 2.27. The van der Waals surface area contributed by atoms with Crippen LogP contribution >= 0.6 is 33.9 Å². The summed E-state index contributed by atoms with van der Waals surface area (Å²) in [4.78, 5) is 10.2. The summed E-state index contributed by atoms with van der Waals surface area (Å²) < 4.78 is 13.6. The quantitative estimate of drug-likeness (QED) is 0.805. The number of aromatic carboxylic acids is 1. The minimum absolute atomic E-state index is 0.202. The molecule has 0 fully saturated rings. The Morgan fingerprint density at radius 2 is 2.27 bits per heavy atom. The molecule has 0 bridgehead atoms. The lowest BCUT2D eigenvalue weighted by atomic mass is 10.3. The summed E-state index contributed by atoms with van der Waals surface area (Å²) in [5.41, 5.74) is 0.424. The molecule has 0 amide bonds. The van der Waals surface area contributed by atoms with E-state index in [4.69, 9.17) is 5.11 Å². The van der Waals surface area contributed by atoms with Crippen LogP contribution in [0.2, 0.25) is 0 Å². The first-order valence-corrected chi connectivity index (χ1v) is 4.61. The van der Waals surface area contributed by atoms with E-state index in [9.17, 15) is 9.18 Å². The lowest BCUT2D eigenvalue weighted by molar-refractivity contribution is 0.0697. The van der Waals surface area contributed by atoms with E-state index in [1.807, 2.05) is 22.6 Å². The number of carbonyl (C=O) groups is 1. The fraction of sp³-hybridized carbons (Fsp3) is 0.167. The van der Waals surface area contributed by atoms with Gasteiger partial charge in [0, 0.05) is 5.56 Å². The maximum absolute atomic E-state index is 12.9. The Bertz CT molecular complexity index is 308. The molecule has 1 aromatic heterocycles. The van der Waals surface area contributed by atoms with Crippen molar-refractivity contribution >= 4 is 39.9 Å². The number of carboxylic acid groups (broad SMARTS) is 1. The first kappa shape index (κ1) is 8.92. The van der Waals surface area contributed by atoms with Crippen LogP contribution in [0.1, 0.15) is 15.2 Å². The maximum atomic E-state index is 12.9. The molecule has 0 radical (unpaired) electrons. The maximum Gasteiger partial charge on any atom is 0.348 e. The molecule has 1 N–H and O–H groups in total. The number of hydrogen-bond donors (Lipinski definition) is 1. The third-order valence-electron chi connectivity index (χ3n) is 1.21. The lowest BCUT2D eigenvalue weighted by Crippen LogP contribution is -1.95. The molecule has 0 aliphatic heterocycles. The standard InChI is InChI=1S/C6H4FIO2S/c1-2-3(7)4(6(9)10)11-5(2)8/h1H3,(H,9,10). The zero-order valence-electron chi connectivity index (χ0n) is 5.52. The van der Waals surface area contributed by atoms with E-state index in [0.29, 0.717) is 8.45 Å². The predicted molar refractivity (Wildman–Crippen MR) is 48.7 cm³/mol. The minimum Gasteiger partial charge on any atom is -0.477 e. The fourth-order valence-corrected chi connectivity index (χ4v) is 2.25. The van der Waals surface area contributed by atoms with Crippen molar-refractivity contribution in [2.75, 3.05) is 0 Å². The van der Waals surface area contributed by atoms with Gasteiger partial charge in [-0.3, -0.25) is 0 Å². The van der Waals surface area contributed by atoms with Crippen LogP contribution in [0, 0.1) is 15.6 Å². The van der Waals surface area contributed by atoms with Gasteiger partial charge in [0.25, 0.3) is 0 Å². The average molecular weight is 286 g/mol. The van der Waals surface area contributed by atoms with Crippen LogP contribution in [-0.2, 0) is 0 Å². The highest BCUT2D eigenvalue weighted by molar-refractivity contribution is 14.1. The summed E-state index contributed by atoms with van der Waals surface area (Å²) in [6, 6.07) is 0. The highest BCUT2D eigenvalue weighted by Gasteiger charge is 2.18. The molecule has 0 unspecified atom stereocenters. The second-order valence-corrected chi connectivity index (χ2v) is 4.78. The van der Waals surface area contributed by atoms with E-state index < -0.39 is 11.8 Å². The van der Waals surface area contributed by atoms with Gasteiger partial charge < -0.3 is 5.11 Å². The van der Waals surface area contributed by atoms with Crippen LogP contribution in [0.5, 0.6) is 0 Å². The van der Waals surface area contributed by atoms with Crippen molar-refractivity contribution in [3.8, 4) is 0 Å². The van der Waals surface area contributed by atoms with Gasteiger partial charge in [0.1, 0.15) is 4.88 Å². The molecule has 1 aromatic rings.